The maximum absolute atomic E-state index is 12.7. The molecule has 2 aliphatic rings. The highest BCUT2D eigenvalue weighted by Crippen LogP contribution is 2.38. The first-order valence-corrected chi connectivity index (χ1v) is 13.8. The van der Waals surface area contributed by atoms with E-state index in [9.17, 15) is 4.79 Å². The van der Waals surface area contributed by atoms with Crippen LogP contribution in [0, 0.1) is 5.41 Å². The Morgan fingerprint density at radius 1 is 1.11 bits per heavy atom. The van der Waals surface area contributed by atoms with E-state index in [1.165, 1.54) is 22.3 Å². The van der Waals surface area contributed by atoms with Crippen LogP contribution in [0.15, 0.2) is 52.1 Å². The van der Waals surface area contributed by atoms with Crippen molar-refractivity contribution in [1.82, 2.24) is 5.01 Å². The molecule has 0 bridgehead atoms. The zero-order valence-electron chi connectivity index (χ0n) is 21.9. The predicted molar refractivity (Wildman–Crippen MR) is 154 cm³/mol. The Kier molecular flexibility index (Phi) is 9.12. The fourth-order valence-corrected chi connectivity index (χ4v) is 4.95. The van der Waals surface area contributed by atoms with E-state index in [1.807, 2.05) is 26.0 Å². The number of aliphatic imine (C=N–C) groups is 1. The van der Waals surface area contributed by atoms with Crippen LogP contribution in [-0.4, -0.2) is 46.8 Å². The highest BCUT2D eigenvalue weighted by molar-refractivity contribution is 8.26. The summed E-state index contributed by atoms with van der Waals surface area (Å²) in [6.07, 6.45) is 3.36. The minimum Gasteiger partial charge on any atom is -0.490 e. The van der Waals surface area contributed by atoms with Crippen LogP contribution in [0.1, 0.15) is 57.6 Å². The number of amides is 1. The molecule has 200 valence electrons. The SMILES string of the molecule is CCOc1cc(C=C2C(=N)N3N=C(CC)SC3=NC2=O)cc(Cl)c1OCCOc1ccc(C(C)CC)cc1. The summed E-state index contributed by atoms with van der Waals surface area (Å²) in [5.41, 5.74) is 1.99. The van der Waals surface area contributed by atoms with Gasteiger partial charge in [0.25, 0.3) is 5.91 Å². The number of ether oxygens (including phenoxy) is 3. The molecule has 0 radical (unpaired) electrons. The highest BCUT2D eigenvalue weighted by Gasteiger charge is 2.35. The van der Waals surface area contributed by atoms with Gasteiger partial charge in [0.2, 0.25) is 5.17 Å². The summed E-state index contributed by atoms with van der Waals surface area (Å²) >= 11 is 7.87. The molecule has 1 N–H and O–H groups in total. The van der Waals surface area contributed by atoms with Crippen LogP contribution >= 0.6 is 23.4 Å². The van der Waals surface area contributed by atoms with Crippen molar-refractivity contribution in [1.29, 1.82) is 5.41 Å². The van der Waals surface area contributed by atoms with Crippen molar-refractivity contribution in [3.05, 3.63) is 58.1 Å². The molecule has 2 aliphatic heterocycles. The summed E-state index contributed by atoms with van der Waals surface area (Å²) < 4.78 is 17.5. The van der Waals surface area contributed by atoms with Crippen molar-refractivity contribution < 1.29 is 19.0 Å². The zero-order chi connectivity index (χ0) is 27.2. The average molecular weight is 555 g/mol. The molecular formula is C28H31ClN4O4S. The molecule has 1 unspecified atom stereocenters. The largest absolute Gasteiger partial charge is 0.490 e. The molecule has 0 spiro atoms. The van der Waals surface area contributed by atoms with E-state index < -0.39 is 5.91 Å². The predicted octanol–water partition coefficient (Wildman–Crippen LogP) is 6.74. The van der Waals surface area contributed by atoms with Crippen LogP contribution in [0.2, 0.25) is 5.02 Å². The smallest absolute Gasteiger partial charge is 0.283 e. The minimum atomic E-state index is -0.495. The monoisotopic (exact) mass is 554 g/mol. The van der Waals surface area contributed by atoms with Crippen LogP contribution in [0.25, 0.3) is 6.08 Å². The van der Waals surface area contributed by atoms with Gasteiger partial charge in [0.15, 0.2) is 17.3 Å². The first-order valence-electron chi connectivity index (χ1n) is 12.7. The number of rotatable bonds is 11. The van der Waals surface area contributed by atoms with Gasteiger partial charge in [-0.15, -0.1) is 0 Å². The number of halogens is 1. The highest BCUT2D eigenvalue weighted by atomic mass is 35.5. The standard InChI is InChI=1S/C28H31ClN4O4S/c1-5-17(4)19-8-10-20(11-9-19)36-12-13-37-25-22(29)15-18(16-23(25)35-7-3)14-21-26(30)33-28(31-27(21)34)38-24(6-2)32-33/h8-11,14-17,30H,5-7,12-13H2,1-4H3. The Hall–Kier alpha value is -3.30. The van der Waals surface area contributed by atoms with Gasteiger partial charge >= 0.3 is 0 Å². The van der Waals surface area contributed by atoms with Crippen molar-refractivity contribution in [2.45, 2.75) is 46.5 Å². The molecule has 2 heterocycles. The van der Waals surface area contributed by atoms with Gasteiger partial charge in [-0.25, -0.2) is 0 Å². The van der Waals surface area contributed by atoms with Crippen molar-refractivity contribution in [3.8, 4) is 17.2 Å². The summed E-state index contributed by atoms with van der Waals surface area (Å²) in [7, 11) is 0. The maximum atomic E-state index is 12.7. The first-order chi connectivity index (χ1) is 18.3. The van der Waals surface area contributed by atoms with E-state index in [-0.39, 0.29) is 18.0 Å². The van der Waals surface area contributed by atoms with Gasteiger partial charge in [0, 0.05) is 0 Å². The number of nitrogens with zero attached hydrogens (tertiary/aromatic N) is 3. The lowest BCUT2D eigenvalue weighted by Crippen LogP contribution is -2.35. The number of carbonyl (C=O) groups excluding carboxylic acids is 1. The number of hydrogen-bond donors (Lipinski definition) is 1. The Morgan fingerprint density at radius 3 is 2.53 bits per heavy atom. The number of hydrazone groups is 1. The third-order valence-electron chi connectivity index (χ3n) is 6.10. The Bertz CT molecular complexity index is 1310. The molecule has 0 aliphatic carbocycles. The fraction of sp³-hybridized carbons (Fsp3) is 0.357. The molecule has 0 fully saturated rings. The summed E-state index contributed by atoms with van der Waals surface area (Å²) in [6.45, 7) is 9.19. The first kappa shape index (κ1) is 27.7. The van der Waals surface area contributed by atoms with Gasteiger partial charge < -0.3 is 14.2 Å². The molecule has 2 aromatic carbocycles. The quantitative estimate of drug-likeness (QED) is 0.244. The van der Waals surface area contributed by atoms with E-state index in [0.717, 1.165) is 17.2 Å². The second-order valence-electron chi connectivity index (χ2n) is 8.71. The maximum Gasteiger partial charge on any atom is 0.283 e. The van der Waals surface area contributed by atoms with Crippen LogP contribution in [-0.2, 0) is 4.79 Å². The third-order valence-corrected chi connectivity index (χ3v) is 7.43. The lowest BCUT2D eigenvalue weighted by atomic mass is 9.99. The Morgan fingerprint density at radius 2 is 1.84 bits per heavy atom. The molecule has 0 aromatic heterocycles. The van der Waals surface area contributed by atoms with Crippen molar-refractivity contribution in [3.63, 3.8) is 0 Å². The normalized spacial score (nSPS) is 16.8. The van der Waals surface area contributed by atoms with Crippen molar-refractivity contribution in [2.75, 3.05) is 19.8 Å². The summed E-state index contributed by atoms with van der Waals surface area (Å²) in [5, 5.41) is 15.8. The molecule has 4 rings (SSSR count). The lowest BCUT2D eigenvalue weighted by Gasteiger charge is -2.20. The number of carbonyl (C=O) groups is 1. The van der Waals surface area contributed by atoms with Gasteiger partial charge in [-0.3, -0.25) is 10.2 Å². The van der Waals surface area contributed by atoms with Gasteiger partial charge in [-0.05, 0) is 78.9 Å². The minimum absolute atomic E-state index is 0.0281. The number of fused-ring (bicyclic) bond motifs is 1. The van der Waals surface area contributed by atoms with Crippen LogP contribution in [0.5, 0.6) is 17.2 Å². The van der Waals surface area contributed by atoms with Gasteiger partial charge in [-0.1, -0.05) is 44.5 Å². The molecule has 10 heteroatoms. The van der Waals surface area contributed by atoms with Gasteiger partial charge in [-0.2, -0.15) is 15.1 Å². The van der Waals surface area contributed by atoms with Crippen LogP contribution in [0.4, 0.5) is 0 Å². The topological polar surface area (TPSA) is 96.6 Å². The van der Waals surface area contributed by atoms with Crippen LogP contribution < -0.4 is 14.2 Å². The number of thioether (sulfide) groups is 1. The second-order valence-corrected chi connectivity index (χ2v) is 10.2. The van der Waals surface area contributed by atoms with Crippen LogP contribution in [0.3, 0.4) is 0 Å². The summed E-state index contributed by atoms with van der Waals surface area (Å²) in [5.74, 6) is 1.59. The molecule has 2 aromatic rings. The van der Waals surface area contributed by atoms with E-state index in [1.54, 1.807) is 18.2 Å². The van der Waals surface area contributed by atoms with Crippen molar-refractivity contribution >= 4 is 51.4 Å². The third kappa shape index (κ3) is 6.22. The fourth-order valence-electron chi connectivity index (χ4n) is 3.85. The zero-order valence-corrected chi connectivity index (χ0v) is 23.5. The molecule has 1 atom stereocenters. The molecule has 0 saturated heterocycles. The number of amidine groups is 2. The molecular weight excluding hydrogens is 524 g/mol. The molecule has 1 amide bonds. The Labute approximate surface area is 232 Å². The lowest BCUT2D eigenvalue weighted by molar-refractivity contribution is -0.114. The average Bonchev–Trinajstić information content (AvgIpc) is 3.33. The number of benzene rings is 2. The number of nitrogens with one attached hydrogen (secondary N) is 1. The van der Waals surface area contributed by atoms with E-state index >= 15 is 0 Å². The summed E-state index contributed by atoms with van der Waals surface area (Å²) in [4.78, 5) is 16.8. The van der Waals surface area contributed by atoms with Crippen molar-refractivity contribution in [2.24, 2.45) is 10.1 Å². The Balaban J connectivity index is 1.46. The molecule has 8 nitrogen and oxygen atoms in total. The van der Waals surface area contributed by atoms with Gasteiger partial charge in [0.1, 0.15) is 24.0 Å². The molecule has 38 heavy (non-hydrogen) atoms. The van der Waals surface area contributed by atoms with E-state index in [2.05, 4.69) is 36.1 Å². The second kappa shape index (κ2) is 12.5. The van der Waals surface area contributed by atoms with E-state index in [4.69, 9.17) is 31.2 Å². The van der Waals surface area contributed by atoms with E-state index in [0.29, 0.717) is 52.8 Å². The van der Waals surface area contributed by atoms with Gasteiger partial charge in [0.05, 0.1) is 17.2 Å². The molecule has 0 saturated carbocycles. The summed E-state index contributed by atoms with van der Waals surface area (Å²) in [6, 6.07) is 11.5. The number of hydrogen-bond acceptors (Lipinski definition) is 7.